The quantitative estimate of drug-likeness (QED) is 0.229. The van der Waals surface area contributed by atoms with Crippen LogP contribution in [0.3, 0.4) is 0 Å². The first-order valence-corrected chi connectivity index (χ1v) is 14.3. The highest BCUT2D eigenvalue weighted by molar-refractivity contribution is 7.90. The number of hydrogen-bond donors (Lipinski definition) is 0. The van der Waals surface area contributed by atoms with Crippen molar-refractivity contribution in [3.05, 3.63) is 76.2 Å². The molecule has 0 saturated heterocycles. The number of alkyl halides is 3. The average Bonchev–Trinajstić information content (AvgIpc) is 3.19. The third-order valence-corrected chi connectivity index (χ3v) is 7.51. The molecule has 5 nitrogen and oxygen atoms in total. The SMILES string of the molecule is Cc1cc(OCCCS(C)(=O)=O)ccc1-c1cc(COc2cc3c(cn2)CC(C)C3)c(F)cc1C(F)(F)F. The number of aromatic nitrogens is 1. The highest BCUT2D eigenvalue weighted by Crippen LogP contribution is 2.40. The van der Waals surface area contributed by atoms with E-state index in [0.29, 0.717) is 29.2 Å². The van der Waals surface area contributed by atoms with Gasteiger partial charge in [0.2, 0.25) is 5.88 Å². The van der Waals surface area contributed by atoms with Crippen molar-refractivity contribution in [3.63, 3.8) is 0 Å². The van der Waals surface area contributed by atoms with Gasteiger partial charge in [-0.1, -0.05) is 13.0 Å². The summed E-state index contributed by atoms with van der Waals surface area (Å²) in [6.45, 7) is 3.64. The summed E-state index contributed by atoms with van der Waals surface area (Å²) in [4.78, 5) is 4.26. The smallest absolute Gasteiger partial charge is 0.417 e. The number of ether oxygens (including phenoxy) is 2. The molecule has 0 saturated carbocycles. The number of aryl methyl sites for hydroxylation is 1. The summed E-state index contributed by atoms with van der Waals surface area (Å²) >= 11 is 0. The molecule has 0 amide bonds. The van der Waals surface area contributed by atoms with E-state index in [1.54, 1.807) is 25.3 Å². The van der Waals surface area contributed by atoms with Crippen LogP contribution < -0.4 is 9.47 Å². The van der Waals surface area contributed by atoms with Gasteiger partial charge in [-0.25, -0.2) is 17.8 Å². The van der Waals surface area contributed by atoms with E-state index >= 15 is 0 Å². The molecule has 0 N–H and O–H groups in total. The molecule has 2 aromatic carbocycles. The molecule has 0 radical (unpaired) electrons. The molecular formula is C28H29F4NO4S. The molecule has 1 aliphatic rings. The van der Waals surface area contributed by atoms with Gasteiger partial charge in [-0.2, -0.15) is 13.2 Å². The van der Waals surface area contributed by atoms with E-state index < -0.39 is 27.4 Å². The minimum Gasteiger partial charge on any atom is -0.494 e. The maximum Gasteiger partial charge on any atom is 0.417 e. The second-order valence-electron chi connectivity index (χ2n) is 9.89. The Hall–Kier alpha value is -3.14. The molecule has 3 aromatic rings. The molecule has 0 fully saturated rings. The molecule has 4 rings (SSSR count). The average molecular weight is 552 g/mol. The van der Waals surface area contributed by atoms with E-state index in [2.05, 4.69) is 11.9 Å². The molecule has 1 unspecified atom stereocenters. The van der Waals surface area contributed by atoms with E-state index in [1.807, 2.05) is 0 Å². The molecule has 204 valence electrons. The van der Waals surface area contributed by atoms with Crippen molar-refractivity contribution >= 4 is 9.84 Å². The van der Waals surface area contributed by atoms with Crippen LogP contribution in [0.25, 0.3) is 11.1 Å². The van der Waals surface area contributed by atoms with Crippen LogP contribution in [0.4, 0.5) is 17.6 Å². The first-order valence-electron chi connectivity index (χ1n) is 12.2. The Morgan fingerprint density at radius 1 is 1.03 bits per heavy atom. The van der Waals surface area contributed by atoms with Crippen molar-refractivity contribution in [1.82, 2.24) is 4.98 Å². The fourth-order valence-electron chi connectivity index (χ4n) is 4.66. The Morgan fingerprint density at radius 3 is 2.45 bits per heavy atom. The topological polar surface area (TPSA) is 65.5 Å². The summed E-state index contributed by atoms with van der Waals surface area (Å²) in [5.41, 5.74) is 1.74. The number of hydrogen-bond acceptors (Lipinski definition) is 5. The standard InChI is InChI=1S/C28H29F4NO4S/c1-17-9-19-13-27(33-15-20(19)10-17)37-16-21-12-24(25(14-26(21)29)28(30,31)32)23-6-5-22(11-18(23)2)36-7-4-8-38(3,34)35/h5-6,11-15,17H,4,7-10,16H2,1-3H3. The monoisotopic (exact) mass is 551 g/mol. The van der Waals surface area contributed by atoms with Crippen LogP contribution in [-0.2, 0) is 35.5 Å². The number of nitrogens with zero attached hydrogens (tertiary/aromatic N) is 1. The lowest BCUT2D eigenvalue weighted by Crippen LogP contribution is -2.11. The fraction of sp³-hybridized carbons (Fsp3) is 0.393. The van der Waals surface area contributed by atoms with Gasteiger partial charge in [-0.3, -0.25) is 0 Å². The second-order valence-corrected chi connectivity index (χ2v) is 12.1. The molecule has 1 atom stereocenters. The second kappa shape index (κ2) is 10.9. The fourth-order valence-corrected chi connectivity index (χ4v) is 5.30. The number of sulfone groups is 1. The summed E-state index contributed by atoms with van der Waals surface area (Å²) in [5.74, 6) is 0.159. The number of halogens is 4. The summed E-state index contributed by atoms with van der Waals surface area (Å²) < 4.78 is 90.2. The van der Waals surface area contributed by atoms with Gasteiger partial charge < -0.3 is 9.47 Å². The highest BCUT2D eigenvalue weighted by Gasteiger charge is 2.35. The van der Waals surface area contributed by atoms with Crippen LogP contribution in [0.15, 0.2) is 42.6 Å². The van der Waals surface area contributed by atoms with Gasteiger partial charge in [-0.15, -0.1) is 0 Å². The minimum absolute atomic E-state index is 0.0239. The lowest BCUT2D eigenvalue weighted by molar-refractivity contribution is -0.137. The van der Waals surface area contributed by atoms with Gasteiger partial charge in [-0.05, 0) is 84.2 Å². The molecule has 1 aromatic heterocycles. The molecule has 0 spiro atoms. The van der Waals surface area contributed by atoms with Crippen molar-refractivity contribution in [1.29, 1.82) is 0 Å². The Morgan fingerprint density at radius 2 is 1.76 bits per heavy atom. The zero-order valence-corrected chi connectivity index (χ0v) is 22.2. The third kappa shape index (κ3) is 6.83. The lowest BCUT2D eigenvalue weighted by atomic mass is 9.93. The van der Waals surface area contributed by atoms with Crippen LogP contribution in [0.5, 0.6) is 11.6 Å². The number of pyridine rings is 1. The summed E-state index contributed by atoms with van der Waals surface area (Å²) in [6, 6.07) is 8.05. The number of benzene rings is 2. The Bertz CT molecular complexity index is 1440. The Balaban J connectivity index is 1.57. The number of rotatable bonds is 9. The predicted molar refractivity (Wildman–Crippen MR) is 137 cm³/mol. The lowest BCUT2D eigenvalue weighted by Gasteiger charge is -2.18. The third-order valence-electron chi connectivity index (χ3n) is 6.48. The van der Waals surface area contributed by atoms with Crippen LogP contribution in [0.2, 0.25) is 0 Å². The molecule has 1 aliphatic carbocycles. The highest BCUT2D eigenvalue weighted by atomic mass is 32.2. The van der Waals surface area contributed by atoms with Crippen molar-refractivity contribution in [2.45, 2.75) is 45.9 Å². The zero-order chi connectivity index (χ0) is 27.7. The zero-order valence-electron chi connectivity index (χ0n) is 21.4. The summed E-state index contributed by atoms with van der Waals surface area (Å²) in [7, 11) is -3.11. The van der Waals surface area contributed by atoms with Gasteiger partial charge >= 0.3 is 6.18 Å². The van der Waals surface area contributed by atoms with E-state index in [9.17, 15) is 26.0 Å². The molecule has 1 heterocycles. The van der Waals surface area contributed by atoms with Gasteiger partial charge in [0.1, 0.15) is 28.0 Å². The Labute approximate surface area is 219 Å². The first kappa shape index (κ1) is 27.9. The van der Waals surface area contributed by atoms with E-state index in [-0.39, 0.29) is 42.1 Å². The van der Waals surface area contributed by atoms with Crippen molar-refractivity contribution < 1.29 is 35.5 Å². The molecule has 0 bridgehead atoms. The van der Waals surface area contributed by atoms with Crippen LogP contribution in [-0.4, -0.2) is 32.0 Å². The van der Waals surface area contributed by atoms with E-state index in [0.717, 1.165) is 30.2 Å². The molecule has 38 heavy (non-hydrogen) atoms. The van der Waals surface area contributed by atoms with Gasteiger partial charge in [0, 0.05) is 24.1 Å². The maximum atomic E-state index is 14.8. The van der Waals surface area contributed by atoms with Crippen LogP contribution in [0, 0.1) is 18.7 Å². The van der Waals surface area contributed by atoms with Crippen molar-refractivity contribution in [2.24, 2.45) is 5.92 Å². The van der Waals surface area contributed by atoms with Crippen molar-refractivity contribution in [3.8, 4) is 22.8 Å². The normalized spacial score (nSPS) is 15.4. The first-order chi connectivity index (χ1) is 17.8. The van der Waals surface area contributed by atoms with Crippen molar-refractivity contribution in [2.75, 3.05) is 18.6 Å². The predicted octanol–water partition coefficient (Wildman–Crippen LogP) is 6.34. The number of fused-ring (bicyclic) bond motifs is 1. The van der Waals surface area contributed by atoms with Gasteiger partial charge in [0.15, 0.2) is 0 Å². The van der Waals surface area contributed by atoms with Crippen LogP contribution in [0.1, 0.15) is 41.2 Å². The van der Waals surface area contributed by atoms with Gasteiger partial charge in [0.05, 0.1) is 17.9 Å². The minimum atomic E-state index is -4.78. The molecule has 0 aliphatic heterocycles. The maximum absolute atomic E-state index is 14.8. The Kier molecular flexibility index (Phi) is 8.01. The summed E-state index contributed by atoms with van der Waals surface area (Å²) in [6.07, 6.45) is 0.205. The molecular weight excluding hydrogens is 522 g/mol. The van der Waals surface area contributed by atoms with Crippen LogP contribution >= 0.6 is 0 Å². The van der Waals surface area contributed by atoms with E-state index in [1.165, 1.54) is 18.2 Å². The molecule has 10 heteroatoms. The van der Waals surface area contributed by atoms with E-state index in [4.69, 9.17) is 9.47 Å². The largest absolute Gasteiger partial charge is 0.494 e. The van der Waals surface area contributed by atoms with Gasteiger partial charge in [0.25, 0.3) is 0 Å². The summed E-state index contributed by atoms with van der Waals surface area (Å²) in [5, 5.41) is 0.